The second-order valence-electron chi connectivity index (χ2n) is 5.97. The van der Waals surface area contributed by atoms with Crippen molar-refractivity contribution in [1.82, 2.24) is 15.2 Å². The first-order valence-corrected chi connectivity index (χ1v) is 10.6. The van der Waals surface area contributed by atoms with Crippen molar-refractivity contribution >= 4 is 33.7 Å². The van der Waals surface area contributed by atoms with Crippen LogP contribution >= 0.6 is 22.7 Å². The number of benzene rings is 1. The van der Waals surface area contributed by atoms with Crippen LogP contribution in [0.3, 0.4) is 0 Å². The van der Waals surface area contributed by atoms with Crippen LogP contribution in [-0.2, 0) is 11.2 Å². The average Bonchev–Trinajstić information content (AvgIpc) is 3.48. The van der Waals surface area contributed by atoms with E-state index in [0.29, 0.717) is 28.2 Å². The van der Waals surface area contributed by atoms with E-state index in [2.05, 4.69) is 25.2 Å². The van der Waals surface area contributed by atoms with Gasteiger partial charge in [-0.15, -0.1) is 21.5 Å². The minimum Gasteiger partial charge on any atom is -0.434 e. The molecule has 4 rings (SSSR count). The van der Waals surface area contributed by atoms with Crippen LogP contribution in [0.4, 0.5) is 13.9 Å². The Morgan fingerprint density at radius 3 is 2.87 bits per heavy atom. The molecule has 1 amide bonds. The van der Waals surface area contributed by atoms with Gasteiger partial charge in [0.1, 0.15) is 5.75 Å². The Hall–Kier alpha value is -3.18. The second kappa shape index (κ2) is 9.09. The minimum absolute atomic E-state index is 0.0218. The van der Waals surface area contributed by atoms with Crippen molar-refractivity contribution < 1.29 is 22.7 Å². The predicted octanol–water partition coefficient (Wildman–Crippen LogP) is 5.09. The zero-order valence-corrected chi connectivity index (χ0v) is 16.9. The summed E-state index contributed by atoms with van der Waals surface area (Å²) in [4.78, 5) is 16.5. The largest absolute Gasteiger partial charge is 0.434 e. The van der Waals surface area contributed by atoms with Gasteiger partial charge in [-0.2, -0.15) is 20.1 Å². The normalized spacial score (nSPS) is 11.0. The molecule has 4 aromatic rings. The van der Waals surface area contributed by atoms with Gasteiger partial charge in [-0.3, -0.25) is 4.79 Å². The Kier molecular flexibility index (Phi) is 6.10. The van der Waals surface area contributed by atoms with Gasteiger partial charge in [0.25, 0.3) is 0 Å². The Labute approximate surface area is 177 Å². The summed E-state index contributed by atoms with van der Waals surface area (Å²) < 4.78 is 35.3. The van der Waals surface area contributed by atoms with Gasteiger partial charge in [0.15, 0.2) is 5.13 Å². The molecule has 3 aromatic heterocycles. The highest BCUT2D eigenvalue weighted by Crippen LogP contribution is 2.33. The number of rotatable bonds is 8. The van der Waals surface area contributed by atoms with Crippen LogP contribution < -0.4 is 10.1 Å². The Morgan fingerprint density at radius 1 is 1.20 bits per heavy atom. The Bertz CT molecular complexity index is 1130. The Balaban J connectivity index is 1.36. The molecule has 154 valence electrons. The highest BCUT2D eigenvalue weighted by molar-refractivity contribution is 7.14. The molecular formula is C19H14F2N4O3S2. The summed E-state index contributed by atoms with van der Waals surface area (Å²) in [5, 5.41) is 16.4. The number of anilines is 1. The van der Waals surface area contributed by atoms with E-state index in [9.17, 15) is 13.6 Å². The number of para-hydroxylation sites is 1. The highest BCUT2D eigenvalue weighted by Gasteiger charge is 2.15. The average molecular weight is 448 g/mol. The maximum Gasteiger partial charge on any atom is 0.387 e. The summed E-state index contributed by atoms with van der Waals surface area (Å²) in [6.07, 6.45) is 0.414. The van der Waals surface area contributed by atoms with Crippen LogP contribution in [0, 0.1) is 0 Å². The number of nitrogens with one attached hydrogen (secondary N) is 1. The van der Waals surface area contributed by atoms with Gasteiger partial charge in [-0.25, -0.2) is 4.98 Å². The first kappa shape index (κ1) is 20.1. The van der Waals surface area contributed by atoms with Gasteiger partial charge in [-0.1, -0.05) is 12.1 Å². The molecule has 1 aromatic carbocycles. The molecule has 0 atom stereocenters. The van der Waals surface area contributed by atoms with Crippen molar-refractivity contribution in [2.75, 3.05) is 5.32 Å². The maximum atomic E-state index is 12.6. The van der Waals surface area contributed by atoms with Gasteiger partial charge in [0.05, 0.1) is 5.69 Å². The second-order valence-corrected chi connectivity index (χ2v) is 7.61. The third kappa shape index (κ3) is 4.86. The molecule has 7 nitrogen and oxygen atoms in total. The fraction of sp³-hybridized carbons (Fsp3) is 0.158. The number of halogens is 2. The zero-order chi connectivity index (χ0) is 20.9. The molecule has 0 saturated carbocycles. The van der Waals surface area contributed by atoms with E-state index in [0.717, 1.165) is 5.56 Å². The van der Waals surface area contributed by atoms with Crippen molar-refractivity contribution in [3.63, 3.8) is 0 Å². The molecule has 0 unspecified atom stereocenters. The fourth-order valence-corrected chi connectivity index (χ4v) is 3.95. The molecule has 0 radical (unpaired) electrons. The van der Waals surface area contributed by atoms with Gasteiger partial charge >= 0.3 is 6.61 Å². The van der Waals surface area contributed by atoms with Gasteiger partial charge in [-0.05, 0) is 23.6 Å². The SMILES string of the molecule is O=C(CCc1nnc(-c2ccsc2)o1)Nc1nc(-c2ccccc2OC(F)F)cs1. The molecule has 0 saturated heterocycles. The van der Waals surface area contributed by atoms with Crippen molar-refractivity contribution in [1.29, 1.82) is 0 Å². The number of aryl methyl sites for hydroxylation is 1. The third-order valence-electron chi connectivity index (χ3n) is 3.93. The number of hydrogen-bond donors (Lipinski definition) is 1. The van der Waals surface area contributed by atoms with Crippen LogP contribution in [0.15, 0.2) is 50.9 Å². The van der Waals surface area contributed by atoms with E-state index in [1.165, 1.54) is 28.7 Å². The molecule has 0 fully saturated rings. The van der Waals surface area contributed by atoms with E-state index < -0.39 is 6.61 Å². The lowest BCUT2D eigenvalue weighted by Crippen LogP contribution is -2.12. The quantitative estimate of drug-likeness (QED) is 0.404. The van der Waals surface area contributed by atoms with Crippen LogP contribution in [0.2, 0.25) is 0 Å². The molecule has 11 heteroatoms. The number of hydrogen-bond acceptors (Lipinski definition) is 8. The van der Waals surface area contributed by atoms with Gasteiger partial charge in [0.2, 0.25) is 17.7 Å². The number of carbonyl (C=O) groups excluding carboxylic acids is 1. The lowest BCUT2D eigenvalue weighted by molar-refractivity contribution is -0.116. The zero-order valence-electron chi connectivity index (χ0n) is 15.2. The number of thiazole rings is 1. The van der Waals surface area contributed by atoms with Crippen molar-refractivity contribution in [2.24, 2.45) is 0 Å². The number of nitrogens with zero attached hydrogens (tertiary/aromatic N) is 3. The van der Waals surface area contributed by atoms with Crippen LogP contribution in [0.25, 0.3) is 22.7 Å². The molecule has 0 spiro atoms. The number of carbonyl (C=O) groups is 1. The Morgan fingerprint density at radius 2 is 2.07 bits per heavy atom. The van der Waals surface area contributed by atoms with E-state index in [1.54, 1.807) is 23.6 Å². The van der Waals surface area contributed by atoms with Gasteiger partial charge in [0, 0.05) is 34.7 Å². The first-order chi connectivity index (χ1) is 14.6. The summed E-state index contributed by atoms with van der Waals surface area (Å²) in [6.45, 7) is -2.94. The van der Waals surface area contributed by atoms with Crippen molar-refractivity contribution in [2.45, 2.75) is 19.5 Å². The molecule has 0 aliphatic heterocycles. The number of ether oxygens (including phenoxy) is 1. The van der Waals surface area contributed by atoms with Crippen LogP contribution in [0.5, 0.6) is 5.75 Å². The number of alkyl halides is 2. The summed E-state index contributed by atoms with van der Waals surface area (Å²) in [5.41, 5.74) is 1.69. The first-order valence-electron chi connectivity index (χ1n) is 8.73. The smallest absolute Gasteiger partial charge is 0.387 e. The summed E-state index contributed by atoms with van der Waals surface area (Å²) >= 11 is 2.71. The van der Waals surface area contributed by atoms with Crippen LogP contribution in [0.1, 0.15) is 12.3 Å². The summed E-state index contributed by atoms with van der Waals surface area (Å²) in [5.74, 6) is 0.530. The molecule has 0 bridgehead atoms. The molecular weight excluding hydrogens is 434 g/mol. The highest BCUT2D eigenvalue weighted by atomic mass is 32.1. The molecule has 0 aliphatic rings. The summed E-state index contributed by atoms with van der Waals surface area (Å²) in [7, 11) is 0. The number of thiophene rings is 1. The van der Waals surface area contributed by atoms with E-state index in [-0.39, 0.29) is 24.5 Å². The predicted molar refractivity (Wildman–Crippen MR) is 109 cm³/mol. The van der Waals surface area contributed by atoms with Gasteiger partial charge < -0.3 is 14.5 Å². The molecule has 3 heterocycles. The molecule has 0 aliphatic carbocycles. The maximum absolute atomic E-state index is 12.6. The number of aromatic nitrogens is 3. The van der Waals surface area contributed by atoms with E-state index in [1.807, 2.05) is 16.8 Å². The summed E-state index contributed by atoms with van der Waals surface area (Å²) in [6, 6.07) is 8.23. The lowest BCUT2D eigenvalue weighted by Gasteiger charge is -2.08. The van der Waals surface area contributed by atoms with Crippen molar-refractivity contribution in [3.05, 3.63) is 52.4 Å². The lowest BCUT2D eigenvalue weighted by atomic mass is 10.1. The standard InChI is InChI=1S/C19H14F2N4O3S2/c20-18(21)27-14-4-2-1-3-12(14)13-10-30-19(22-13)23-15(26)5-6-16-24-25-17(28-16)11-7-8-29-9-11/h1-4,7-10,18H,5-6H2,(H,22,23,26). The monoisotopic (exact) mass is 448 g/mol. The minimum atomic E-state index is -2.94. The van der Waals surface area contributed by atoms with Crippen molar-refractivity contribution in [3.8, 4) is 28.5 Å². The topological polar surface area (TPSA) is 90.1 Å². The third-order valence-corrected chi connectivity index (χ3v) is 5.37. The fourth-order valence-electron chi connectivity index (χ4n) is 2.59. The van der Waals surface area contributed by atoms with Crippen LogP contribution in [-0.4, -0.2) is 27.7 Å². The molecule has 30 heavy (non-hydrogen) atoms. The van der Waals surface area contributed by atoms with E-state index >= 15 is 0 Å². The number of amides is 1. The van der Waals surface area contributed by atoms with E-state index in [4.69, 9.17) is 4.42 Å². The molecule has 1 N–H and O–H groups in total.